The number of nitrogens with zero attached hydrogens (tertiary/aromatic N) is 1. The third-order valence-electron chi connectivity index (χ3n) is 5.24. The zero-order valence-corrected chi connectivity index (χ0v) is 17.5. The van der Waals surface area contributed by atoms with Crippen LogP contribution in [0.2, 0.25) is 0 Å². The quantitative estimate of drug-likeness (QED) is 0.133. The summed E-state index contributed by atoms with van der Waals surface area (Å²) in [6.07, 6.45) is 22.8. The van der Waals surface area contributed by atoms with E-state index >= 15 is 0 Å². The van der Waals surface area contributed by atoms with Gasteiger partial charge in [-0.2, -0.15) is 10.4 Å². The van der Waals surface area contributed by atoms with Crippen molar-refractivity contribution in [1.29, 1.82) is 0 Å². The van der Waals surface area contributed by atoms with Crippen LogP contribution < -0.4 is 0 Å². The van der Waals surface area contributed by atoms with E-state index in [0.717, 1.165) is 25.7 Å². The molecule has 2 N–H and O–H groups in total. The van der Waals surface area contributed by atoms with Crippen LogP contribution in [-0.2, 0) is 0 Å². The van der Waals surface area contributed by atoms with Crippen LogP contribution in [0.5, 0.6) is 0 Å². The summed E-state index contributed by atoms with van der Waals surface area (Å²) in [7, 11) is 0. The van der Waals surface area contributed by atoms with Gasteiger partial charge < -0.3 is 0 Å². The fourth-order valence-corrected chi connectivity index (χ4v) is 3.46. The molecule has 0 heterocycles. The molecule has 3 nitrogen and oxygen atoms in total. The van der Waals surface area contributed by atoms with Gasteiger partial charge in [-0.3, -0.25) is 0 Å². The fourth-order valence-electron chi connectivity index (χ4n) is 3.46. The molecule has 0 spiro atoms. The van der Waals surface area contributed by atoms with Crippen LogP contribution >= 0.6 is 0 Å². The first-order chi connectivity index (χ1) is 12.1. The summed E-state index contributed by atoms with van der Waals surface area (Å²) in [5.41, 5.74) is 0. The van der Waals surface area contributed by atoms with Crippen molar-refractivity contribution < 1.29 is 15.2 Å². The van der Waals surface area contributed by atoms with Crippen molar-refractivity contribution in [2.75, 3.05) is 13.1 Å². The zero-order valence-electron chi connectivity index (χ0n) is 17.5. The number of unbranched alkanes of at least 4 members (excludes halogenated alkanes) is 16. The summed E-state index contributed by atoms with van der Waals surface area (Å²) >= 11 is 0. The third-order valence-corrected chi connectivity index (χ3v) is 5.24. The van der Waals surface area contributed by atoms with E-state index in [1.54, 1.807) is 0 Å². The Morgan fingerprint density at radius 2 is 0.640 bits per heavy atom. The van der Waals surface area contributed by atoms with Gasteiger partial charge in [0.25, 0.3) is 0 Å². The highest BCUT2D eigenvalue weighted by molar-refractivity contribution is 4.48. The summed E-state index contributed by atoms with van der Waals surface area (Å²) < 4.78 is 0. The van der Waals surface area contributed by atoms with Gasteiger partial charge in [-0.25, -0.2) is 0 Å². The molecule has 3 heteroatoms. The molecule has 0 fully saturated rings. The van der Waals surface area contributed by atoms with Crippen molar-refractivity contribution in [3.8, 4) is 0 Å². The highest BCUT2D eigenvalue weighted by Gasteiger charge is 2.20. The minimum atomic E-state index is -0.757. The van der Waals surface area contributed by atoms with Gasteiger partial charge in [0.05, 0.1) is 0 Å². The van der Waals surface area contributed by atoms with Gasteiger partial charge in [-0.1, -0.05) is 104 Å². The van der Waals surface area contributed by atoms with E-state index < -0.39 is 4.81 Å². The Kier molecular flexibility index (Phi) is 18.6. The molecule has 25 heavy (non-hydrogen) atoms. The second-order valence-corrected chi connectivity index (χ2v) is 7.98. The van der Waals surface area contributed by atoms with Crippen LogP contribution in [0.15, 0.2) is 0 Å². The maximum absolute atomic E-state index is 10.0. The van der Waals surface area contributed by atoms with Crippen LogP contribution in [0.25, 0.3) is 0 Å². The van der Waals surface area contributed by atoms with Gasteiger partial charge in [-0.15, -0.1) is 0 Å². The van der Waals surface area contributed by atoms with Gasteiger partial charge in [0.2, 0.25) is 0 Å². The maximum atomic E-state index is 10.0. The number of rotatable bonds is 20. The van der Waals surface area contributed by atoms with Crippen molar-refractivity contribution in [2.24, 2.45) is 0 Å². The molecular weight excluding hydrogens is 310 g/mol. The molecule has 0 rings (SSSR count). The lowest BCUT2D eigenvalue weighted by Crippen LogP contribution is -2.42. The second kappa shape index (κ2) is 18.7. The standard InChI is InChI=1S/C22H48NO2/c1-3-5-7-9-11-13-14-16-18-20-22-23(24,25)21-19-17-15-12-10-8-6-4-2/h24-25H,3-22H2,1-2H3/q+1. The minimum absolute atomic E-state index is 0.492. The Labute approximate surface area is 158 Å². The van der Waals surface area contributed by atoms with E-state index in [1.807, 2.05) is 0 Å². The lowest BCUT2D eigenvalue weighted by atomic mass is 10.1. The van der Waals surface area contributed by atoms with Crippen LogP contribution in [-0.4, -0.2) is 28.3 Å². The molecule has 0 aliphatic carbocycles. The molecule has 0 aromatic rings. The topological polar surface area (TPSA) is 40.5 Å². The van der Waals surface area contributed by atoms with Crippen molar-refractivity contribution in [1.82, 2.24) is 0 Å². The number of quaternary nitrogens is 1. The summed E-state index contributed by atoms with van der Waals surface area (Å²) in [6.45, 7) is 5.49. The molecule has 0 radical (unpaired) electrons. The van der Waals surface area contributed by atoms with Crippen LogP contribution in [0.3, 0.4) is 0 Å². The lowest BCUT2D eigenvalue weighted by Gasteiger charge is -2.21. The zero-order chi connectivity index (χ0) is 18.6. The van der Waals surface area contributed by atoms with Crippen LogP contribution in [0, 0.1) is 0 Å². The number of hydrogen-bond acceptors (Lipinski definition) is 2. The third kappa shape index (κ3) is 20.0. The first-order valence-electron chi connectivity index (χ1n) is 11.4. The Balaban J connectivity index is 3.32. The van der Waals surface area contributed by atoms with E-state index in [9.17, 15) is 10.4 Å². The molecular formula is C22H48NO2+. The normalized spacial score (nSPS) is 12.0. The van der Waals surface area contributed by atoms with Gasteiger partial charge in [0.1, 0.15) is 13.1 Å². The second-order valence-electron chi connectivity index (χ2n) is 7.98. The Bertz CT molecular complexity index is 256. The number of hydrogen-bond donors (Lipinski definition) is 2. The first kappa shape index (κ1) is 24.9. The van der Waals surface area contributed by atoms with Gasteiger partial charge >= 0.3 is 0 Å². The molecule has 0 unspecified atom stereocenters. The molecule has 0 aliphatic heterocycles. The van der Waals surface area contributed by atoms with E-state index in [4.69, 9.17) is 0 Å². The van der Waals surface area contributed by atoms with Crippen LogP contribution in [0.1, 0.15) is 129 Å². The Morgan fingerprint density at radius 1 is 0.400 bits per heavy atom. The molecule has 0 bridgehead atoms. The summed E-state index contributed by atoms with van der Waals surface area (Å²) in [5.74, 6) is 0. The summed E-state index contributed by atoms with van der Waals surface area (Å²) in [4.78, 5) is -0.757. The van der Waals surface area contributed by atoms with Crippen molar-refractivity contribution >= 4 is 0 Å². The highest BCUT2D eigenvalue weighted by Crippen LogP contribution is 2.13. The van der Waals surface area contributed by atoms with Gasteiger partial charge in [0, 0.05) is 12.8 Å². The molecule has 0 aliphatic rings. The monoisotopic (exact) mass is 358 g/mol. The minimum Gasteiger partial charge on any atom is -0.182 e. The number of hydroxylamine groups is 4. The van der Waals surface area contributed by atoms with E-state index in [-0.39, 0.29) is 0 Å². The maximum Gasteiger partial charge on any atom is 0.142 e. The van der Waals surface area contributed by atoms with Crippen molar-refractivity contribution in [3.63, 3.8) is 0 Å². The summed E-state index contributed by atoms with van der Waals surface area (Å²) in [6, 6.07) is 0. The largest absolute Gasteiger partial charge is 0.182 e. The molecule has 0 aromatic carbocycles. The summed E-state index contributed by atoms with van der Waals surface area (Å²) in [5, 5.41) is 20.0. The first-order valence-corrected chi connectivity index (χ1v) is 11.4. The molecule has 0 atom stereocenters. The lowest BCUT2D eigenvalue weighted by molar-refractivity contribution is -1.24. The van der Waals surface area contributed by atoms with E-state index in [0.29, 0.717) is 13.1 Å². The van der Waals surface area contributed by atoms with Gasteiger partial charge in [-0.05, 0) is 17.7 Å². The average Bonchev–Trinajstić information content (AvgIpc) is 2.59. The van der Waals surface area contributed by atoms with Crippen molar-refractivity contribution in [3.05, 3.63) is 0 Å². The molecule has 152 valence electrons. The van der Waals surface area contributed by atoms with Gasteiger partial charge in [0.15, 0.2) is 0 Å². The smallest absolute Gasteiger partial charge is 0.142 e. The van der Waals surface area contributed by atoms with Crippen LogP contribution in [0.4, 0.5) is 0 Å². The molecule has 0 saturated heterocycles. The Morgan fingerprint density at radius 3 is 0.920 bits per heavy atom. The van der Waals surface area contributed by atoms with Crippen molar-refractivity contribution in [2.45, 2.75) is 129 Å². The average molecular weight is 359 g/mol. The van der Waals surface area contributed by atoms with E-state index in [1.165, 1.54) is 89.9 Å². The Hall–Kier alpha value is -0.120. The fraction of sp³-hybridized carbons (Fsp3) is 1.00. The molecule has 0 saturated carbocycles. The predicted octanol–water partition coefficient (Wildman–Crippen LogP) is 7.64. The SMILES string of the molecule is CCCCCCCCCCCC[N+](O)(O)CCCCCCCCCC. The molecule has 0 amide bonds. The highest BCUT2D eigenvalue weighted by atomic mass is 16.8. The predicted molar refractivity (Wildman–Crippen MR) is 108 cm³/mol. The molecule has 0 aromatic heterocycles. The van der Waals surface area contributed by atoms with E-state index in [2.05, 4.69) is 13.8 Å².